The molecule has 1 aromatic carbocycles. The van der Waals surface area contributed by atoms with Crippen LogP contribution in [0.25, 0.3) is 0 Å². The number of guanidine groups is 1. The minimum atomic E-state index is -0.549. The van der Waals surface area contributed by atoms with Crippen molar-refractivity contribution < 1.29 is 9.32 Å². The molecule has 1 atom stereocenters. The summed E-state index contributed by atoms with van der Waals surface area (Å²) < 4.78 is 5.39. The van der Waals surface area contributed by atoms with Crippen LogP contribution in [0.3, 0.4) is 0 Å². The summed E-state index contributed by atoms with van der Waals surface area (Å²) in [5, 5.41) is 8.75. The van der Waals surface area contributed by atoms with Crippen molar-refractivity contribution in [2.24, 2.45) is 20.9 Å². The fourth-order valence-electron chi connectivity index (χ4n) is 5.06. The fraction of sp³-hybridized carbons (Fsp3) is 0.400. The number of allylic oxidation sites excluding steroid dienone is 1. The van der Waals surface area contributed by atoms with Crippen molar-refractivity contribution in [3.63, 3.8) is 0 Å². The van der Waals surface area contributed by atoms with E-state index in [9.17, 15) is 9.59 Å². The van der Waals surface area contributed by atoms with E-state index in [0.29, 0.717) is 49.3 Å². The van der Waals surface area contributed by atoms with Gasteiger partial charge in [-0.25, -0.2) is 9.98 Å². The van der Waals surface area contributed by atoms with Crippen LogP contribution in [0.15, 0.2) is 54.8 Å². The number of anilines is 2. The highest BCUT2D eigenvalue weighted by atomic mass is 16.5. The van der Waals surface area contributed by atoms with E-state index in [4.69, 9.17) is 19.5 Å². The SMILES string of the molecule is CC1(C)C(=O)Nc2cc(NC3=NCCC4C=CN=C(N5CCc6c(o[nH]c6=O)C5)C(=N3)C4)ccc21. The molecule has 5 heterocycles. The molecule has 35 heavy (non-hydrogen) atoms. The van der Waals surface area contributed by atoms with Crippen LogP contribution in [-0.2, 0) is 23.2 Å². The summed E-state index contributed by atoms with van der Waals surface area (Å²) in [5.41, 5.74) is 3.45. The van der Waals surface area contributed by atoms with E-state index >= 15 is 0 Å². The number of carbonyl (C=O) groups excluding carboxylic acids is 1. The molecule has 0 spiro atoms. The van der Waals surface area contributed by atoms with E-state index in [2.05, 4.69) is 26.8 Å². The summed E-state index contributed by atoms with van der Waals surface area (Å²) in [7, 11) is 0. The molecule has 1 amide bonds. The number of nitrogens with one attached hydrogen (secondary N) is 3. The predicted molar refractivity (Wildman–Crippen MR) is 134 cm³/mol. The summed E-state index contributed by atoms with van der Waals surface area (Å²) in [6, 6.07) is 5.85. The molecule has 10 heteroatoms. The second-order valence-corrected chi connectivity index (χ2v) is 9.88. The van der Waals surface area contributed by atoms with Crippen molar-refractivity contribution in [3.8, 4) is 0 Å². The molecule has 3 N–H and O–H groups in total. The molecule has 0 aliphatic carbocycles. The van der Waals surface area contributed by atoms with Gasteiger partial charge in [-0.3, -0.25) is 14.6 Å². The summed E-state index contributed by atoms with van der Waals surface area (Å²) in [6.07, 6.45) is 6.22. The standard InChI is InChI=1S/C25H27N7O3/c1-25(2)17-4-3-15(12-18(17)29-23(25)34)28-24-27-9-6-14-5-8-26-21(19(11-14)30-24)32-10-7-16-20(13-32)35-31-22(16)33/h3-5,8,12,14H,6-7,9-11,13H2,1-2H3,(H,27,28)(H,29,34)(H,31,33). The van der Waals surface area contributed by atoms with Gasteiger partial charge in [0, 0.05) is 30.7 Å². The lowest BCUT2D eigenvalue weighted by Gasteiger charge is -2.29. The number of benzene rings is 1. The lowest BCUT2D eigenvalue weighted by atomic mass is 9.86. The third-order valence-corrected chi connectivity index (χ3v) is 7.18. The number of hydrogen-bond donors (Lipinski definition) is 3. The Bertz CT molecular complexity index is 1390. The number of carbonyl (C=O) groups is 1. The van der Waals surface area contributed by atoms with Crippen molar-refractivity contribution in [2.75, 3.05) is 23.7 Å². The first-order chi connectivity index (χ1) is 16.9. The van der Waals surface area contributed by atoms with E-state index < -0.39 is 5.41 Å². The average Bonchev–Trinajstić information content (AvgIpc) is 3.18. The van der Waals surface area contributed by atoms with E-state index in [1.54, 1.807) is 0 Å². The zero-order valence-corrected chi connectivity index (χ0v) is 19.7. The molecule has 6 rings (SSSR count). The van der Waals surface area contributed by atoms with Crippen LogP contribution < -0.4 is 16.2 Å². The topological polar surface area (TPSA) is 127 Å². The number of nitrogens with zero attached hydrogens (tertiary/aromatic N) is 4. The molecule has 4 aliphatic heterocycles. The van der Waals surface area contributed by atoms with Gasteiger partial charge in [-0.05, 0) is 56.7 Å². The molecule has 1 unspecified atom stereocenters. The van der Waals surface area contributed by atoms with Gasteiger partial charge in [-0.1, -0.05) is 12.1 Å². The minimum absolute atomic E-state index is 0.00557. The van der Waals surface area contributed by atoms with Crippen molar-refractivity contribution in [1.29, 1.82) is 0 Å². The number of H-pyrrole nitrogens is 1. The lowest BCUT2D eigenvalue weighted by Crippen LogP contribution is -2.41. The van der Waals surface area contributed by atoms with Gasteiger partial charge in [0.1, 0.15) is 0 Å². The van der Waals surface area contributed by atoms with Crippen LogP contribution in [0, 0.1) is 5.92 Å². The second-order valence-electron chi connectivity index (χ2n) is 9.88. The van der Waals surface area contributed by atoms with Crippen LogP contribution in [0.2, 0.25) is 0 Å². The van der Waals surface area contributed by atoms with Crippen molar-refractivity contribution in [2.45, 2.75) is 45.1 Å². The first-order valence-corrected chi connectivity index (χ1v) is 11.9. The Balaban J connectivity index is 1.29. The predicted octanol–water partition coefficient (Wildman–Crippen LogP) is 2.80. The fourth-order valence-corrected chi connectivity index (χ4v) is 5.06. The summed E-state index contributed by atoms with van der Waals surface area (Å²) in [6.45, 7) is 5.62. The first-order valence-electron chi connectivity index (χ1n) is 11.9. The van der Waals surface area contributed by atoms with Crippen molar-refractivity contribution in [1.82, 2.24) is 10.1 Å². The lowest BCUT2D eigenvalue weighted by molar-refractivity contribution is -0.119. The number of aromatic amines is 1. The Morgan fingerprint density at radius 3 is 3.03 bits per heavy atom. The molecule has 1 aromatic heterocycles. The van der Waals surface area contributed by atoms with Crippen LogP contribution in [0.5, 0.6) is 0 Å². The average molecular weight is 474 g/mol. The second kappa shape index (κ2) is 8.07. The van der Waals surface area contributed by atoms with Gasteiger partial charge in [0.15, 0.2) is 11.6 Å². The van der Waals surface area contributed by atoms with Crippen molar-refractivity contribution in [3.05, 3.63) is 57.7 Å². The van der Waals surface area contributed by atoms with Crippen LogP contribution in [0.1, 0.15) is 43.6 Å². The zero-order chi connectivity index (χ0) is 24.2. The molecule has 0 radical (unpaired) electrons. The third-order valence-electron chi connectivity index (χ3n) is 7.18. The Labute approximate surface area is 201 Å². The molecule has 180 valence electrons. The smallest absolute Gasteiger partial charge is 0.283 e. The van der Waals surface area contributed by atoms with E-state index in [1.807, 2.05) is 38.2 Å². The van der Waals surface area contributed by atoms with Crippen LogP contribution >= 0.6 is 0 Å². The Morgan fingerprint density at radius 2 is 2.14 bits per heavy atom. The Morgan fingerprint density at radius 1 is 1.26 bits per heavy atom. The third kappa shape index (κ3) is 3.78. The van der Waals surface area contributed by atoms with Gasteiger partial charge in [0.05, 0.1) is 23.2 Å². The molecule has 2 aromatic rings. The van der Waals surface area contributed by atoms with Crippen molar-refractivity contribution >= 4 is 34.8 Å². The monoisotopic (exact) mass is 473 g/mol. The maximum Gasteiger partial charge on any atom is 0.283 e. The van der Waals surface area contributed by atoms with Crippen LogP contribution in [-0.4, -0.2) is 46.6 Å². The van der Waals surface area contributed by atoms with Gasteiger partial charge in [-0.15, -0.1) is 0 Å². The number of aliphatic imine (C=N–C) groups is 3. The van der Waals surface area contributed by atoms with Gasteiger partial charge in [0.25, 0.3) is 5.56 Å². The van der Waals surface area contributed by atoms with E-state index in [0.717, 1.165) is 41.3 Å². The van der Waals surface area contributed by atoms with Crippen LogP contribution in [0.4, 0.5) is 11.4 Å². The molecule has 0 fully saturated rings. The first kappa shape index (κ1) is 21.6. The quantitative estimate of drug-likeness (QED) is 0.587. The highest BCUT2D eigenvalue weighted by molar-refractivity contribution is 6.43. The largest absolute Gasteiger partial charge is 0.381 e. The highest BCUT2D eigenvalue weighted by Gasteiger charge is 2.38. The summed E-state index contributed by atoms with van der Waals surface area (Å²) in [5.74, 6) is 2.24. The summed E-state index contributed by atoms with van der Waals surface area (Å²) >= 11 is 0. The maximum absolute atomic E-state index is 12.3. The molecule has 0 saturated heterocycles. The summed E-state index contributed by atoms with van der Waals surface area (Å²) in [4.78, 5) is 40.7. The van der Waals surface area contributed by atoms with Gasteiger partial charge >= 0.3 is 0 Å². The van der Waals surface area contributed by atoms with E-state index in [-0.39, 0.29) is 11.5 Å². The maximum atomic E-state index is 12.3. The molecule has 0 saturated carbocycles. The molecule has 2 bridgehead atoms. The van der Waals surface area contributed by atoms with Gasteiger partial charge in [0.2, 0.25) is 11.9 Å². The molecular formula is C25H27N7O3. The Hall–Kier alpha value is -3.95. The van der Waals surface area contributed by atoms with E-state index in [1.165, 1.54) is 0 Å². The van der Waals surface area contributed by atoms with Gasteiger partial charge < -0.3 is 20.1 Å². The highest BCUT2D eigenvalue weighted by Crippen LogP contribution is 2.38. The van der Waals surface area contributed by atoms with Gasteiger partial charge in [-0.2, -0.15) is 5.16 Å². The zero-order valence-electron chi connectivity index (χ0n) is 19.7. The molecule has 4 aliphatic rings. The Kier molecular flexibility index (Phi) is 4.98. The normalized spacial score (nSPS) is 22.6. The number of amides is 1. The number of amidine groups is 1. The minimum Gasteiger partial charge on any atom is -0.381 e. The molecular weight excluding hydrogens is 446 g/mol. The number of rotatable bonds is 1. The number of fused-ring (bicyclic) bond motifs is 4. The molecule has 10 nitrogen and oxygen atoms in total. The number of aromatic nitrogens is 1. The number of hydrogen-bond acceptors (Lipinski definition) is 8.